The van der Waals surface area contributed by atoms with Crippen molar-refractivity contribution in [1.82, 2.24) is 19.6 Å². The molecular weight excluding hydrogens is 1020 g/mol. The Kier molecular flexibility index (Phi) is 22.1. The van der Waals surface area contributed by atoms with Gasteiger partial charge >= 0.3 is 49.2 Å². The van der Waals surface area contributed by atoms with Crippen molar-refractivity contribution in [2.45, 2.75) is 133 Å². The van der Waals surface area contributed by atoms with Gasteiger partial charge in [-0.25, -0.2) is 19.3 Å². The number of hydrogen-bond acceptors (Lipinski definition) is 10. The van der Waals surface area contributed by atoms with E-state index in [2.05, 4.69) is 39.9 Å². The van der Waals surface area contributed by atoms with Gasteiger partial charge in [0.15, 0.2) is 11.4 Å². The lowest BCUT2D eigenvalue weighted by Gasteiger charge is -2.45. The predicted octanol–water partition coefficient (Wildman–Crippen LogP) is 11.3. The zero-order valence-corrected chi connectivity index (χ0v) is 40.4. The van der Waals surface area contributed by atoms with E-state index in [1.54, 1.807) is 12.1 Å². The molecule has 2 saturated heterocycles. The molecule has 4 aliphatic rings. The van der Waals surface area contributed by atoms with Gasteiger partial charge in [0.1, 0.15) is 0 Å². The number of nitrogens with zero attached hydrogens (tertiary/aromatic N) is 6. The summed E-state index contributed by atoms with van der Waals surface area (Å²) in [6.07, 6.45) is -25.5. The summed E-state index contributed by atoms with van der Waals surface area (Å²) >= 11 is 0. The summed E-state index contributed by atoms with van der Waals surface area (Å²) in [5.74, 6) is 0.379. The molecule has 0 spiro atoms. The highest BCUT2D eigenvalue weighted by molar-refractivity contribution is 5.68. The first kappa shape index (κ1) is 62.1. The van der Waals surface area contributed by atoms with Crippen LogP contribution in [0.4, 0.5) is 73.6 Å². The first-order valence-corrected chi connectivity index (χ1v) is 23.0. The van der Waals surface area contributed by atoms with Gasteiger partial charge in [0.05, 0.1) is 13.1 Å². The van der Waals surface area contributed by atoms with E-state index in [1.807, 2.05) is 34.1 Å². The molecule has 26 heteroatoms. The van der Waals surface area contributed by atoms with E-state index in [1.165, 1.54) is 0 Å². The van der Waals surface area contributed by atoms with Crippen molar-refractivity contribution in [3.05, 3.63) is 81.5 Å². The zero-order valence-electron chi connectivity index (χ0n) is 40.4. The number of benzene rings is 2. The molecule has 4 fully saturated rings. The van der Waals surface area contributed by atoms with E-state index < -0.39 is 49.1 Å². The first-order chi connectivity index (χ1) is 34.4. The molecule has 14 nitrogen and oxygen atoms in total. The molecule has 2 heterocycles. The second kappa shape index (κ2) is 26.3. The number of amides is 2. The topological polar surface area (TPSA) is 143 Å². The summed E-state index contributed by atoms with van der Waals surface area (Å²) in [6, 6.07) is 11.2. The third-order valence-electron chi connectivity index (χ3n) is 13.4. The van der Waals surface area contributed by atoms with Crippen molar-refractivity contribution in [2.75, 3.05) is 52.4 Å². The van der Waals surface area contributed by atoms with Crippen LogP contribution in [0, 0.1) is 18.6 Å². The molecule has 74 heavy (non-hydrogen) atoms. The molecule has 0 radical (unpaired) electrons. The predicted molar refractivity (Wildman–Crippen MR) is 235 cm³/mol. The van der Waals surface area contributed by atoms with Crippen molar-refractivity contribution >= 4 is 35.9 Å². The van der Waals surface area contributed by atoms with Crippen LogP contribution in [0.2, 0.25) is 0 Å². The number of rotatable bonds is 8. The smallest absolute Gasteiger partial charge is 0.426 e. The van der Waals surface area contributed by atoms with E-state index in [4.69, 9.17) is 32.3 Å². The third-order valence-corrected chi connectivity index (χ3v) is 13.4. The Morgan fingerprint density at radius 2 is 0.946 bits per heavy atom. The maximum atomic E-state index is 12.7. The average Bonchev–Trinajstić information content (AvgIpc) is 4.05. The lowest BCUT2D eigenvalue weighted by Crippen LogP contribution is -2.52. The molecule has 2 aromatic carbocycles. The van der Waals surface area contributed by atoms with E-state index in [0.717, 1.165) is 83.4 Å². The van der Waals surface area contributed by atoms with Crippen LogP contribution < -0.4 is 0 Å². The van der Waals surface area contributed by atoms with E-state index >= 15 is 0 Å². The first-order valence-electron chi connectivity index (χ1n) is 23.0. The maximum absolute atomic E-state index is 12.7. The number of hydrogen-bond donors (Lipinski definition) is 0. The number of piperazine rings is 2. The van der Waals surface area contributed by atoms with Gasteiger partial charge < -0.3 is 19.3 Å². The third kappa shape index (κ3) is 17.2. The second-order valence-electron chi connectivity index (χ2n) is 18.9. The van der Waals surface area contributed by atoms with Crippen LogP contribution in [0.3, 0.4) is 0 Å². The summed E-state index contributed by atoms with van der Waals surface area (Å²) in [5, 5.41) is 0. The molecule has 2 saturated carbocycles. The molecule has 408 valence electrons. The summed E-state index contributed by atoms with van der Waals surface area (Å²) in [4.78, 5) is 69.3. The fraction of sp³-hybridized carbons (Fsp3) is 0.625. The Hall–Kier alpha value is -6.20. The van der Waals surface area contributed by atoms with Gasteiger partial charge in [-0.1, -0.05) is 88.4 Å². The molecule has 0 N–H and O–H groups in total. The average molecular weight is 1070 g/mol. The Bertz CT molecular complexity index is 2300. The van der Waals surface area contributed by atoms with Gasteiger partial charge in [0, 0.05) is 65.4 Å². The Labute approximate surface area is 418 Å². The standard InChI is InChI=1S/C25H31F6N3O2.C21H23F6N3O2.2CO2/c1-22(2,3)23(9-5-6-10-23)19-15-18(32-4)8-7-17(19)16-33-11-13-34(14-12-33)21(35)36-20(24(26,27)28)25(29,30)31;1-28-16-7-6-15(17(12-16)14-4-2-3-5-14)13-29-8-10-30(11-9-29)19(31)32-18(20(22,23)24)21(25,26)27;2*2-1-3/h7-8,15,20H,5-6,9-14,16H2,1-3H3;6-7,12,14,18H,2-5,8-11,13H2;;. The van der Waals surface area contributed by atoms with Crippen molar-refractivity contribution in [1.29, 1.82) is 0 Å². The molecule has 6 rings (SSSR count). The molecule has 0 aromatic heterocycles. The number of carbonyl (C=O) groups excluding carboxylic acids is 6. The van der Waals surface area contributed by atoms with Gasteiger partial charge in [-0.15, -0.1) is 0 Å². The van der Waals surface area contributed by atoms with Gasteiger partial charge in [0.25, 0.3) is 12.2 Å². The van der Waals surface area contributed by atoms with Gasteiger partial charge in [-0.05, 0) is 59.1 Å². The minimum Gasteiger partial charge on any atom is -0.426 e. The second-order valence-corrected chi connectivity index (χ2v) is 18.9. The molecule has 0 unspecified atom stereocenters. The van der Waals surface area contributed by atoms with Crippen LogP contribution in [0.5, 0.6) is 0 Å². The Balaban J connectivity index is 0.000000355. The number of ether oxygens (including phenoxy) is 2. The monoisotopic (exact) mass is 1070 g/mol. The number of halogens is 12. The lowest BCUT2D eigenvalue weighted by molar-refractivity contribution is -0.309. The van der Waals surface area contributed by atoms with Crippen LogP contribution in [0.15, 0.2) is 36.4 Å². The normalized spacial score (nSPS) is 17.8. The quantitative estimate of drug-likeness (QED) is 0.185. The van der Waals surface area contributed by atoms with Crippen LogP contribution >= 0.6 is 0 Å². The fourth-order valence-corrected chi connectivity index (χ4v) is 9.68. The molecule has 2 aliphatic heterocycles. The minimum absolute atomic E-state index is 0.0415. The number of carbonyl (C=O) groups is 2. The largest absolute Gasteiger partial charge is 0.434 e. The van der Waals surface area contributed by atoms with E-state index in [9.17, 15) is 62.3 Å². The van der Waals surface area contributed by atoms with Crippen molar-refractivity contribution in [3.63, 3.8) is 0 Å². The molecule has 2 aliphatic carbocycles. The molecular formula is C48H54F12N6O8. The molecule has 2 amide bonds. The van der Waals surface area contributed by atoms with Gasteiger partial charge in [-0.2, -0.15) is 71.9 Å². The van der Waals surface area contributed by atoms with Crippen LogP contribution in [0.25, 0.3) is 9.69 Å². The maximum Gasteiger partial charge on any atom is 0.434 e. The Morgan fingerprint density at radius 1 is 0.595 bits per heavy atom. The highest BCUT2D eigenvalue weighted by atomic mass is 19.4. The van der Waals surface area contributed by atoms with Gasteiger partial charge in [-0.3, -0.25) is 9.80 Å². The Morgan fingerprint density at radius 3 is 1.30 bits per heavy atom. The van der Waals surface area contributed by atoms with E-state index in [-0.39, 0.29) is 75.5 Å². The van der Waals surface area contributed by atoms with Crippen molar-refractivity contribution in [2.24, 2.45) is 5.41 Å². The number of alkyl halides is 12. The summed E-state index contributed by atoms with van der Waals surface area (Å²) in [6.45, 7) is 23.3. The summed E-state index contributed by atoms with van der Waals surface area (Å²) in [7, 11) is 0. The fourth-order valence-electron chi connectivity index (χ4n) is 9.68. The van der Waals surface area contributed by atoms with Crippen molar-refractivity contribution < 1.29 is 90.9 Å². The summed E-state index contributed by atoms with van der Waals surface area (Å²) in [5.41, 5.74) is 5.32. The zero-order chi connectivity index (χ0) is 55.9. The minimum atomic E-state index is -5.74. The van der Waals surface area contributed by atoms with Crippen LogP contribution in [-0.4, -0.2) is 133 Å². The van der Waals surface area contributed by atoms with Crippen molar-refractivity contribution in [3.8, 4) is 0 Å². The lowest BCUT2D eigenvalue weighted by atomic mass is 9.60. The SMILES string of the molecule is O=C=O.O=C=O.[C-]#[N+]c1ccc(CN2CCN(C(=O)OC(C(F)(F)F)C(F)(F)F)CC2)c(C2(C(C)(C)C)CCCC2)c1.[C-]#[N+]c1ccc(CN2CCN(C(=O)OC(C(F)(F)F)C(F)(F)F)CC2)c(C2CCCC2)c1. The molecule has 0 bridgehead atoms. The highest BCUT2D eigenvalue weighted by Crippen LogP contribution is 2.54. The summed E-state index contributed by atoms with van der Waals surface area (Å²) < 4.78 is 160. The van der Waals surface area contributed by atoms with E-state index in [0.29, 0.717) is 30.4 Å². The highest BCUT2D eigenvalue weighted by Gasteiger charge is 2.61. The van der Waals surface area contributed by atoms with Crippen LogP contribution in [-0.2, 0) is 47.2 Å². The molecule has 2 aromatic rings. The molecule has 0 atom stereocenters. The van der Waals surface area contributed by atoms with Crippen LogP contribution in [0.1, 0.15) is 100 Å². The van der Waals surface area contributed by atoms with Gasteiger partial charge in [0.2, 0.25) is 0 Å².